The van der Waals surface area contributed by atoms with Crippen molar-refractivity contribution in [2.75, 3.05) is 18.0 Å². The third-order valence-corrected chi connectivity index (χ3v) is 4.01. The van der Waals surface area contributed by atoms with Crippen LogP contribution in [-0.2, 0) is 6.54 Å². The molecule has 0 radical (unpaired) electrons. The van der Waals surface area contributed by atoms with Gasteiger partial charge in [-0.25, -0.2) is 4.39 Å². The molecule has 1 aromatic rings. The van der Waals surface area contributed by atoms with E-state index >= 15 is 0 Å². The molecular weight excluding hydrogens is 312 g/mol. The molecule has 0 bridgehead atoms. The molecular formula is C16H22F4N2O. The van der Waals surface area contributed by atoms with Crippen LogP contribution in [0.5, 0.6) is 0 Å². The molecule has 0 spiro atoms. The SMILES string of the molecule is CC(CC(F)(F)F)NCc1ccc(N2CCC(O)CC2)c(F)c1. The van der Waals surface area contributed by atoms with Crippen molar-refractivity contribution in [1.82, 2.24) is 5.32 Å². The van der Waals surface area contributed by atoms with Crippen molar-refractivity contribution >= 4 is 5.69 Å². The van der Waals surface area contributed by atoms with E-state index in [1.807, 2.05) is 4.90 Å². The van der Waals surface area contributed by atoms with Gasteiger partial charge in [0.1, 0.15) is 5.82 Å². The lowest BCUT2D eigenvalue weighted by molar-refractivity contribution is -0.139. The van der Waals surface area contributed by atoms with Gasteiger partial charge in [0.05, 0.1) is 18.2 Å². The number of hydrogen-bond donors (Lipinski definition) is 2. The van der Waals surface area contributed by atoms with E-state index in [1.165, 1.54) is 13.0 Å². The number of hydrogen-bond acceptors (Lipinski definition) is 3. The van der Waals surface area contributed by atoms with Gasteiger partial charge in [-0.2, -0.15) is 13.2 Å². The zero-order chi connectivity index (χ0) is 17.0. The maximum absolute atomic E-state index is 14.2. The Balaban J connectivity index is 1.91. The number of aliphatic hydroxyl groups is 1. The van der Waals surface area contributed by atoms with E-state index in [0.717, 1.165) is 0 Å². The summed E-state index contributed by atoms with van der Waals surface area (Å²) < 4.78 is 51.0. The minimum atomic E-state index is -4.21. The van der Waals surface area contributed by atoms with Crippen molar-refractivity contribution in [1.29, 1.82) is 0 Å². The van der Waals surface area contributed by atoms with Crippen molar-refractivity contribution in [3.8, 4) is 0 Å². The summed E-state index contributed by atoms with van der Waals surface area (Å²) >= 11 is 0. The van der Waals surface area contributed by atoms with E-state index < -0.39 is 18.6 Å². The van der Waals surface area contributed by atoms with Crippen molar-refractivity contribution in [2.45, 2.75) is 51.1 Å². The predicted molar refractivity (Wildman–Crippen MR) is 80.8 cm³/mol. The Morgan fingerprint density at radius 2 is 1.96 bits per heavy atom. The van der Waals surface area contributed by atoms with Gasteiger partial charge in [-0.05, 0) is 37.5 Å². The zero-order valence-corrected chi connectivity index (χ0v) is 13.0. The van der Waals surface area contributed by atoms with E-state index in [0.29, 0.717) is 37.2 Å². The highest BCUT2D eigenvalue weighted by Crippen LogP contribution is 2.25. The molecule has 2 N–H and O–H groups in total. The normalized spacial score (nSPS) is 18.3. The number of halogens is 4. The molecule has 23 heavy (non-hydrogen) atoms. The molecule has 2 rings (SSSR count). The number of benzene rings is 1. The summed E-state index contributed by atoms with van der Waals surface area (Å²) in [6, 6.07) is 4.00. The lowest BCUT2D eigenvalue weighted by atomic mass is 10.1. The first kappa shape index (κ1) is 18.0. The average Bonchev–Trinajstić information content (AvgIpc) is 2.45. The van der Waals surface area contributed by atoms with Gasteiger partial charge in [0.15, 0.2) is 0 Å². The summed E-state index contributed by atoms with van der Waals surface area (Å²) in [4.78, 5) is 1.88. The third-order valence-electron chi connectivity index (χ3n) is 4.01. The van der Waals surface area contributed by atoms with E-state index in [9.17, 15) is 22.7 Å². The van der Waals surface area contributed by atoms with Crippen molar-refractivity contribution in [2.24, 2.45) is 0 Å². The lowest BCUT2D eigenvalue weighted by Crippen LogP contribution is -2.36. The fraction of sp³-hybridized carbons (Fsp3) is 0.625. The van der Waals surface area contributed by atoms with E-state index in [-0.39, 0.29) is 18.5 Å². The molecule has 1 saturated heterocycles. The Hall–Kier alpha value is -1.34. The van der Waals surface area contributed by atoms with Crippen molar-refractivity contribution in [3.63, 3.8) is 0 Å². The standard InChI is InChI=1S/C16H22F4N2O/c1-11(9-16(18,19)20)21-10-12-2-3-15(14(17)8-12)22-6-4-13(23)5-7-22/h2-3,8,11,13,21,23H,4-7,9-10H2,1H3. The zero-order valence-electron chi connectivity index (χ0n) is 13.0. The molecule has 1 unspecified atom stereocenters. The molecule has 0 saturated carbocycles. The highest BCUT2D eigenvalue weighted by molar-refractivity contribution is 5.49. The molecule has 3 nitrogen and oxygen atoms in total. The number of piperidine rings is 1. The van der Waals surface area contributed by atoms with E-state index in [2.05, 4.69) is 5.32 Å². The Morgan fingerprint density at radius 3 is 2.52 bits per heavy atom. The van der Waals surface area contributed by atoms with Crippen LogP contribution in [0.2, 0.25) is 0 Å². The molecule has 1 aromatic carbocycles. The van der Waals surface area contributed by atoms with Gasteiger partial charge in [0, 0.05) is 25.7 Å². The van der Waals surface area contributed by atoms with Crippen LogP contribution < -0.4 is 10.2 Å². The Bertz CT molecular complexity index is 513. The minimum Gasteiger partial charge on any atom is -0.393 e. The molecule has 1 heterocycles. The average molecular weight is 334 g/mol. The predicted octanol–water partition coefficient (Wildman–Crippen LogP) is 3.22. The topological polar surface area (TPSA) is 35.5 Å². The fourth-order valence-electron chi connectivity index (χ4n) is 2.74. The first-order valence-electron chi connectivity index (χ1n) is 7.76. The van der Waals surface area contributed by atoms with Gasteiger partial charge in [0.25, 0.3) is 0 Å². The number of nitrogens with one attached hydrogen (secondary N) is 1. The quantitative estimate of drug-likeness (QED) is 0.812. The van der Waals surface area contributed by atoms with E-state index in [1.54, 1.807) is 12.1 Å². The van der Waals surface area contributed by atoms with Gasteiger partial charge in [-0.1, -0.05) is 6.07 Å². The second kappa shape index (κ2) is 7.49. The van der Waals surface area contributed by atoms with Gasteiger partial charge in [-0.15, -0.1) is 0 Å². The van der Waals surface area contributed by atoms with Gasteiger partial charge >= 0.3 is 6.18 Å². The number of anilines is 1. The van der Waals surface area contributed by atoms with Crippen LogP contribution in [0.15, 0.2) is 18.2 Å². The summed E-state index contributed by atoms with van der Waals surface area (Å²) in [5.41, 5.74) is 1.08. The van der Waals surface area contributed by atoms with E-state index in [4.69, 9.17) is 0 Å². The maximum atomic E-state index is 14.2. The Labute approximate surface area is 133 Å². The van der Waals surface area contributed by atoms with Crippen LogP contribution in [-0.4, -0.2) is 36.5 Å². The number of alkyl halides is 3. The smallest absolute Gasteiger partial charge is 0.390 e. The molecule has 0 aliphatic carbocycles. The monoisotopic (exact) mass is 334 g/mol. The molecule has 7 heteroatoms. The van der Waals surface area contributed by atoms with Gasteiger partial charge < -0.3 is 15.3 Å². The Morgan fingerprint density at radius 1 is 1.30 bits per heavy atom. The summed E-state index contributed by atoms with van der Waals surface area (Å²) in [6.45, 7) is 2.83. The third kappa shape index (κ3) is 5.66. The summed E-state index contributed by atoms with van der Waals surface area (Å²) in [5, 5.41) is 12.2. The van der Waals surface area contributed by atoms with Crippen LogP contribution in [0.3, 0.4) is 0 Å². The van der Waals surface area contributed by atoms with Crippen molar-refractivity contribution in [3.05, 3.63) is 29.6 Å². The Kier molecular flexibility index (Phi) is 5.86. The molecule has 1 atom stereocenters. The second-order valence-corrected chi connectivity index (χ2v) is 6.11. The van der Waals surface area contributed by atoms with Crippen LogP contribution in [0.4, 0.5) is 23.2 Å². The first-order chi connectivity index (χ1) is 10.7. The molecule has 0 aromatic heterocycles. The highest BCUT2D eigenvalue weighted by atomic mass is 19.4. The lowest BCUT2D eigenvalue weighted by Gasteiger charge is -2.31. The molecule has 130 valence electrons. The van der Waals surface area contributed by atoms with Crippen LogP contribution in [0, 0.1) is 5.82 Å². The fourth-order valence-corrected chi connectivity index (χ4v) is 2.74. The van der Waals surface area contributed by atoms with Gasteiger partial charge in [0.2, 0.25) is 0 Å². The molecule has 1 aliphatic heterocycles. The molecule has 0 amide bonds. The maximum Gasteiger partial charge on any atom is 0.390 e. The summed E-state index contributed by atoms with van der Waals surface area (Å²) in [7, 11) is 0. The summed E-state index contributed by atoms with van der Waals surface area (Å²) in [5.74, 6) is -0.385. The minimum absolute atomic E-state index is 0.188. The molecule has 1 aliphatic rings. The van der Waals surface area contributed by atoms with Gasteiger partial charge in [-0.3, -0.25) is 0 Å². The largest absolute Gasteiger partial charge is 0.393 e. The number of rotatable bonds is 5. The van der Waals surface area contributed by atoms with Crippen LogP contribution >= 0.6 is 0 Å². The van der Waals surface area contributed by atoms with Crippen molar-refractivity contribution < 1.29 is 22.7 Å². The molecule has 1 fully saturated rings. The number of aliphatic hydroxyl groups excluding tert-OH is 1. The van der Waals surface area contributed by atoms with Crippen LogP contribution in [0.1, 0.15) is 31.7 Å². The highest BCUT2D eigenvalue weighted by Gasteiger charge is 2.29. The van der Waals surface area contributed by atoms with Crippen LogP contribution in [0.25, 0.3) is 0 Å². The summed E-state index contributed by atoms with van der Waals surface area (Å²) in [6.07, 6.45) is -4.23. The first-order valence-corrected chi connectivity index (χ1v) is 7.76. The number of nitrogens with zero attached hydrogens (tertiary/aromatic N) is 1. The second-order valence-electron chi connectivity index (χ2n) is 6.11.